The van der Waals surface area contributed by atoms with Gasteiger partial charge in [0.05, 0.1) is 0 Å². The van der Waals surface area contributed by atoms with Gasteiger partial charge in [-0.3, -0.25) is 9.59 Å². The lowest BCUT2D eigenvalue weighted by atomic mass is 9.99. The van der Waals surface area contributed by atoms with Crippen molar-refractivity contribution in [2.45, 2.75) is 13.1 Å². The van der Waals surface area contributed by atoms with Crippen LogP contribution in [0.15, 0.2) is 182 Å². The van der Waals surface area contributed by atoms with Crippen molar-refractivity contribution in [3.8, 4) is 22.3 Å². The van der Waals surface area contributed by atoms with Crippen molar-refractivity contribution < 1.29 is 22.8 Å². The van der Waals surface area contributed by atoms with Gasteiger partial charge in [0, 0.05) is 45.3 Å². The predicted octanol–water partition coefficient (Wildman–Crippen LogP) is 12.9. The smallest absolute Gasteiger partial charge is 0.311 e. The standard InChI is InChI=1S/C46H33F3N2O2/c1-32(52)33-16-24-41(25-17-33)50(39-8-4-2-5-9-39)42-26-18-36(19-27-42)34-12-14-35(15-13-34)37-20-28-43(29-21-37)51(40-10-6-3-7-11-40)44-30-22-38(23-31-44)45(53)46(47,48)49/h2-31H,1H3. The van der Waals surface area contributed by atoms with Gasteiger partial charge in [0.2, 0.25) is 0 Å². The molecule has 0 aliphatic rings. The minimum atomic E-state index is -4.93. The Hall–Kier alpha value is -6.73. The summed E-state index contributed by atoms with van der Waals surface area (Å²) in [5.74, 6) is -1.84. The molecule has 4 nitrogen and oxygen atoms in total. The zero-order valence-electron chi connectivity index (χ0n) is 28.7. The van der Waals surface area contributed by atoms with Gasteiger partial charge in [-0.25, -0.2) is 0 Å². The fraction of sp³-hybridized carbons (Fsp3) is 0.0435. The topological polar surface area (TPSA) is 40.6 Å². The van der Waals surface area contributed by atoms with Gasteiger partial charge in [0.25, 0.3) is 5.78 Å². The maximum Gasteiger partial charge on any atom is 0.454 e. The summed E-state index contributed by atoms with van der Waals surface area (Å²) in [7, 11) is 0. The first-order valence-electron chi connectivity index (χ1n) is 17.0. The number of hydrogen-bond donors (Lipinski definition) is 0. The molecule has 0 spiro atoms. The first kappa shape index (κ1) is 34.7. The third-order valence-corrected chi connectivity index (χ3v) is 9.01. The molecule has 53 heavy (non-hydrogen) atoms. The summed E-state index contributed by atoms with van der Waals surface area (Å²) in [4.78, 5) is 27.7. The van der Waals surface area contributed by atoms with Crippen LogP contribution in [0.5, 0.6) is 0 Å². The molecule has 0 bridgehead atoms. The highest BCUT2D eigenvalue weighted by molar-refractivity contribution is 6.00. The number of anilines is 6. The molecule has 7 rings (SSSR count). The van der Waals surface area contributed by atoms with Gasteiger partial charge < -0.3 is 9.80 Å². The Morgan fingerprint density at radius 3 is 0.943 bits per heavy atom. The zero-order chi connectivity index (χ0) is 37.0. The van der Waals surface area contributed by atoms with Crippen molar-refractivity contribution in [2.75, 3.05) is 9.80 Å². The number of nitrogens with zero attached hydrogens (tertiary/aromatic N) is 2. The lowest BCUT2D eigenvalue weighted by Gasteiger charge is -2.26. The van der Waals surface area contributed by atoms with Crippen LogP contribution in [0.25, 0.3) is 22.3 Å². The number of benzene rings is 7. The molecule has 0 aliphatic carbocycles. The Bertz CT molecular complexity index is 2320. The molecule has 7 aromatic rings. The fourth-order valence-corrected chi connectivity index (χ4v) is 6.28. The van der Waals surface area contributed by atoms with Crippen molar-refractivity contribution in [2.24, 2.45) is 0 Å². The lowest BCUT2D eigenvalue weighted by Crippen LogP contribution is -2.22. The predicted molar refractivity (Wildman–Crippen MR) is 207 cm³/mol. The molecule has 0 amide bonds. The molecule has 0 saturated carbocycles. The van der Waals surface area contributed by atoms with E-state index in [0.717, 1.165) is 50.7 Å². The summed E-state index contributed by atoms with van der Waals surface area (Å²) in [6.07, 6.45) is -4.93. The summed E-state index contributed by atoms with van der Waals surface area (Å²) in [6, 6.07) is 57.4. The van der Waals surface area contributed by atoms with E-state index in [1.165, 1.54) is 24.3 Å². The van der Waals surface area contributed by atoms with Crippen LogP contribution in [0.3, 0.4) is 0 Å². The highest BCUT2D eigenvalue weighted by atomic mass is 19.4. The maximum atomic E-state index is 13.0. The van der Waals surface area contributed by atoms with Crippen molar-refractivity contribution in [1.82, 2.24) is 0 Å². The van der Waals surface area contributed by atoms with E-state index in [9.17, 15) is 22.8 Å². The van der Waals surface area contributed by atoms with Crippen LogP contribution in [0.4, 0.5) is 47.3 Å². The number of hydrogen-bond acceptors (Lipinski definition) is 4. The first-order valence-corrected chi connectivity index (χ1v) is 17.0. The van der Waals surface area contributed by atoms with E-state index < -0.39 is 17.5 Å². The van der Waals surface area contributed by atoms with Gasteiger partial charge in [0.1, 0.15) is 0 Å². The summed E-state index contributed by atoms with van der Waals surface area (Å²) >= 11 is 0. The molecule has 0 saturated heterocycles. The number of Topliss-reactive ketones (excluding diaryl/α,β-unsaturated/α-hetero) is 2. The second-order valence-electron chi connectivity index (χ2n) is 12.5. The third-order valence-electron chi connectivity index (χ3n) is 9.01. The molecular weight excluding hydrogens is 670 g/mol. The van der Waals surface area contributed by atoms with Crippen molar-refractivity contribution in [3.63, 3.8) is 0 Å². The number of carbonyl (C=O) groups is 2. The van der Waals surface area contributed by atoms with Crippen molar-refractivity contribution in [1.29, 1.82) is 0 Å². The highest BCUT2D eigenvalue weighted by Gasteiger charge is 2.39. The first-order chi connectivity index (χ1) is 25.7. The number of halogens is 3. The van der Waals surface area contributed by atoms with E-state index in [-0.39, 0.29) is 5.78 Å². The summed E-state index contributed by atoms with van der Waals surface area (Å²) in [5.41, 5.74) is 9.63. The average molecular weight is 703 g/mol. The Labute approximate surface area is 306 Å². The van der Waals surface area contributed by atoms with Crippen LogP contribution in [0.1, 0.15) is 27.6 Å². The van der Waals surface area contributed by atoms with Gasteiger partial charge in [0.15, 0.2) is 5.78 Å². The van der Waals surface area contributed by atoms with E-state index in [1.807, 2.05) is 102 Å². The molecule has 0 heterocycles. The molecule has 0 aromatic heterocycles. The summed E-state index contributed by atoms with van der Waals surface area (Å²) in [5, 5.41) is 0. The van der Waals surface area contributed by atoms with Crippen LogP contribution in [0.2, 0.25) is 0 Å². The molecule has 0 fully saturated rings. The molecule has 0 N–H and O–H groups in total. The third kappa shape index (κ3) is 7.65. The number of carbonyl (C=O) groups excluding carboxylic acids is 2. The normalized spacial score (nSPS) is 11.2. The largest absolute Gasteiger partial charge is 0.454 e. The highest BCUT2D eigenvalue weighted by Crippen LogP contribution is 2.38. The Morgan fingerprint density at radius 1 is 0.377 bits per heavy atom. The van der Waals surface area contributed by atoms with Crippen LogP contribution < -0.4 is 9.80 Å². The monoisotopic (exact) mass is 702 g/mol. The number of ketones is 2. The summed E-state index contributed by atoms with van der Waals surface area (Å²) in [6.45, 7) is 1.56. The average Bonchev–Trinajstić information content (AvgIpc) is 3.19. The molecule has 0 aliphatic heterocycles. The molecule has 7 aromatic carbocycles. The molecule has 0 atom stereocenters. The molecular formula is C46H33F3N2O2. The van der Waals surface area contributed by atoms with E-state index in [0.29, 0.717) is 11.3 Å². The van der Waals surface area contributed by atoms with E-state index in [2.05, 4.69) is 65.6 Å². The maximum absolute atomic E-state index is 13.0. The quantitative estimate of drug-likeness (QED) is 0.133. The Morgan fingerprint density at radius 2 is 0.642 bits per heavy atom. The lowest BCUT2D eigenvalue weighted by molar-refractivity contribution is -0.0885. The molecule has 0 radical (unpaired) electrons. The van der Waals surface area contributed by atoms with Gasteiger partial charge >= 0.3 is 6.18 Å². The van der Waals surface area contributed by atoms with Gasteiger partial charge in [-0.05, 0) is 126 Å². The second-order valence-corrected chi connectivity index (χ2v) is 12.5. The van der Waals surface area contributed by atoms with E-state index in [4.69, 9.17) is 0 Å². The molecule has 260 valence electrons. The fourth-order valence-electron chi connectivity index (χ4n) is 6.28. The van der Waals surface area contributed by atoms with Gasteiger partial charge in [-0.1, -0.05) is 84.9 Å². The number of para-hydroxylation sites is 2. The van der Waals surface area contributed by atoms with Crippen LogP contribution >= 0.6 is 0 Å². The Balaban J connectivity index is 1.11. The van der Waals surface area contributed by atoms with E-state index >= 15 is 0 Å². The molecule has 7 heteroatoms. The zero-order valence-corrected chi connectivity index (χ0v) is 28.7. The second kappa shape index (κ2) is 14.9. The van der Waals surface area contributed by atoms with E-state index in [1.54, 1.807) is 6.92 Å². The Kier molecular flexibility index (Phi) is 9.73. The summed E-state index contributed by atoms with van der Waals surface area (Å²) < 4.78 is 39.0. The minimum absolute atomic E-state index is 0.0276. The van der Waals surface area contributed by atoms with Crippen LogP contribution in [-0.4, -0.2) is 17.7 Å². The van der Waals surface area contributed by atoms with Gasteiger partial charge in [-0.2, -0.15) is 13.2 Å². The number of rotatable bonds is 10. The van der Waals surface area contributed by atoms with Crippen LogP contribution in [0, 0.1) is 0 Å². The van der Waals surface area contributed by atoms with Crippen LogP contribution in [-0.2, 0) is 0 Å². The minimum Gasteiger partial charge on any atom is -0.311 e. The van der Waals surface area contributed by atoms with Gasteiger partial charge in [-0.15, -0.1) is 0 Å². The molecule has 0 unspecified atom stereocenters. The van der Waals surface area contributed by atoms with Crippen molar-refractivity contribution in [3.05, 3.63) is 193 Å². The number of alkyl halides is 3. The SMILES string of the molecule is CC(=O)c1ccc(N(c2ccccc2)c2ccc(-c3ccc(-c4ccc(N(c5ccccc5)c5ccc(C(=O)C(F)(F)F)cc5)cc4)cc3)cc2)cc1. The van der Waals surface area contributed by atoms with Crippen molar-refractivity contribution >= 4 is 45.7 Å².